The standard InChI is InChI=1S/C14H20FNO/c1-3-9-16-14(10-7-8-10)11-5-4-6-12(17-2)13(11)15/h4-6,10,14,16H,3,7-9H2,1-2H3. The van der Waals surface area contributed by atoms with Crippen molar-refractivity contribution in [2.75, 3.05) is 13.7 Å². The number of hydrogen-bond donors (Lipinski definition) is 1. The van der Waals surface area contributed by atoms with Gasteiger partial charge in [-0.05, 0) is 37.8 Å². The molecule has 0 bridgehead atoms. The van der Waals surface area contributed by atoms with Gasteiger partial charge in [-0.3, -0.25) is 0 Å². The zero-order valence-corrected chi connectivity index (χ0v) is 10.5. The lowest BCUT2D eigenvalue weighted by Gasteiger charge is -2.20. The number of ether oxygens (including phenoxy) is 1. The van der Waals surface area contributed by atoms with E-state index < -0.39 is 0 Å². The number of halogens is 1. The Hall–Kier alpha value is -1.09. The highest BCUT2D eigenvalue weighted by atomic mass is 19.1. The van der Waals surface area contributed by atoms with Gasteiger partial charge in [-0.15, -0.1) is 0 Å². The molecule has 0 radical (unpaired) electrons. The van der Waals surface area contributed by atoms with Crippen LogP contribution in [0.4, 0.5) is 4.39 Å². The minimum Gasteiger partial charge on any atom is -0.494 e. The van der Waals surface area contributed by atoms with Crippen LogP contribution in [0.1, 0.15) is 37.8 Å². The average molecular weight is 237 g/mol. The second kappa shape index (κ2) is 5.50. The van der Waals surface area contributed by atoms with E-state index in [-0.39, 0.29) is 11.9 Å². The van der Waals surface area contributed by atoms with E-state index >= 15 is 0 Å². The summed E-state index contributed by atoms with van der Waals surface area (Å²) in [7, 11) is 1.51. The van der Waals surface area contributed by atoms with Crippen LogP contribution >= 0.6 is 0 Å². The van der Waals surface area contributed by atoms with Crippen LogP contribution in [0.5, 0.6) is 5.75 Å². The number of methoxy groups -OCH3 is 1. The van der Waals surface area contributed by atoms with E-state index in [4.69, 9.17) is 4.74 Å². The molecule has 0 aromatic heterocycles. The fourth-order valence-electron chi connectivity index (χ4n) is 2.19. The van der Waals surface area contributed by atoms with Gasteiger partial charge in [-0.25, -0.2) is 4.39 Å². The molecule has 1 aliphatic carbocycles. The molecule has 0 saturated heterocycles. The van der Waals surface area contributed by atoms with Crippen LogP contribution in [0, 0.1) is 11.7 Å². The predicted molar refractivity (Wildman–Crippen MR) is 66.7 cm³/mol. The summed E-state index contributed by atoms with van der Waals surface area (Å²) < 4.78 is 19.2. The molecule has 0 spiro atoms. The Balaban J connectivity index is 2.22. The fraction of sp³-hybridized carbons (Fsp3) is 0.571. The molecule has 1 fully saturated rings. The Kier molecular flexibility index (Phi) is 4.00. The lowest BCUT2D eigenvalue weighted by molar-refractivity contribution is 0.375. The van der Waals surface area contributed by atoms with Gasteiger partial charge in [-0.1, -0.05) is 19.1 Å². The summed E-state index contributed by atoms with van der Waals surface area (Å²) in [6.45, 7) is 3.05. The molecule has 1 unspecified atom stereocenters. The zero-order chi connectivity index (χ0) is 12.3. The van der Waals surface area contributed by atoms with Crippen molar-refractivity contribution in [2.45, 2.75) is 32.2 Å². The van der Waals surface area contributed by atoms with Gasteiger partial charge in [0.15, 0.2) is 11.6 Å². The van der Waals surface area contributed by atoms with Gasteiger partial charge in [0.2, 0.25) is 0 Å². The third-order valence-corrected chi connectivity index (χ3v) is 3.26. The van der Waals surface area contributed by atoms with Crippen molar-refractivity contribution < 1.29 is 9.13 Å². The lowest BCUT2D eigenvalue weighted by atomic mass is 10.0. The van der Waals surface area contributed by atoms with E-state index in [1.54, 1.807) is 6.07 Å². The highest BCUT2D eigenvalue weighted by Gasteiger charge is 2.33. The molecule has 94 valence electrons. The Morgan fingerprint density at radius 3 is 2.82 bits per heavy atom. The first kappa shape index (κ1) is 12.4. The van der Waals surface area contributed by atoms with Crippen LogP contribution in [0.2, 0.25) is 0 Å². The smallest absolute Gasteiger partial charge is 0.169 e. The Morgan fingerprint density at radius 2 is 2.24 bits per heavy atom. The SMILES string of the molecule is CCCNC(c1cccc(OC)c1F)C1CC1. The third kappa shape index (κ3) is 2.78. The van der Waals surface area contributed by atoms with Crippen molar-refractivity contribution in [2.24, 2.45) is 5.92 Å². The minimum absolute atomic E-state index is 0.144. The van der Waals surface area contributed by atoms with Crippen LogP contribution in [0.3, 0.4) is 0 Å². The molecule has 0 amide bonds. The molecular weight excluding hydrogens is 217 g/mol. The van der Waals surface area contributed by atoms with Crippen LogP contribution < -0.4 is 10.1 Å². The first-order valence-corrected chi connectivity index (χ1v) is 6.33. The van der Waals surface area contributed by atoms with Gasteiger partial charge < -0.3 is 10.1 Å². The molecule has 1 atom stereocenters. The van der Waals surface area contributed by atoms with Gasteiger partial charge in [0.25, 0.3) is 0 Å². The van der Waals surface area contributed by atoms with E-state index in [9.17, 15) is 4.39 Å². The number of nitrogens with one attached hydrogen (secondary N) is 1. The molecule has 1 N–H and O–H groups in total. The van der Waals surface area contributed by atoms with E-state index in [1.165, 1.54) is 20.0 Å². The maximum Gasteiger partial charge on any atom is 0.169 e. The topological polar surface area (TPSA) is 21.3 Å². The van der Waals surface area contributed by atoms with E-state index in [2.05, 4.69) is 12.2 Å². The van der Waals surface area contributed by atoms with E-state index in [0.29, 0.717) is 11.7 Å². The summed E-state index contributed by atoms with van der Waals surface area (Å²) in [4.78, 5) is 0. The summed E-state index contributed by atoms with van der Waals surface area (Å²) in [6, 6.07) is 5.54. The van der Waals surface area contributed by atoms with Crippen molar-refractivity contribution in [1.82, 2.24) is 5.32 Å². The van der Waals surface area contributed by atoms with Gasteiger partial charge in [0.1, 0.15) is 0 Å². The number of rotatable bonds is 6. The van der Waals surface area contributed by atoms with Crippen molar-refractivity contribution in [3.05, 3.63) is 29.6 Å². The maximum atomic E-state index is 14.2. The van der Waals surface area contributed by atoms with Gasteiger partial charge >= 0.3 is 0 Å². The molecule has 0 aliphatic heterocycles. The van der Waals surface area contributed by atoms with Crippen LogP contribution in [0.15, 0.2) is 18.2 Å². The minimum atomic E-state index is -0.212. The molecule has 2 nitrogen and oxygen atoms in total. The largest absolute Gasteiger partial charge is 0.494 e. The second-order valence-corrected chi connectivity index (χ2v) is 4.63. The summed E-state index contributed by atoms with van der Waals surface area (Å²) in [5, 5.41) is 3.44. The zero-order valence-electron chi connectivity index (χ0n) is 10.5. The number of hydrogen-bond acceptors (Lipinski definition) is 2. The molecule has 1 aromatic rings. The second-order valence-electron chi connectivity index (χ2n) is 4.63. The first-order valence-electron chi connectivity index (χ1n) is 6.33. The Bertz CT molecular complexity index is 376. The molecule has 2 rings (SSSR count). The Morgan fingerprint density at radius 1 is 1.47 bits per heavy atom. The molecule has 1 saturated carbocycles. The van der Waals surface area contributed by atoms with Crippen molar-refractivity contribution >= 4 is 0 Å². The van der Waals surface area contributed by atoms with Gasteiger partial charge in [-0.2, -0.15) is 0 Å². The third-order valence-electron chi connectivity index (χ3n) is 3.26. The number of benzene rings is 1. The fourth-order valence-corrected chi connectivity index (χ4v) is 2.19. The highest BCUT2D eigenvalue weighted by molar-refractivity contribution is 5.34. The van der Waals surface area contributed by atoms with E-state index in [1.807, 2.05) is 12.1 Å². The summed E-state index contributed by atoms with van der Waals surface area (Å²) >= 11 is 0. The molecule has 1 aliphatic rings. The summed E-state index contributed by atoms with van der Waals surface area (Å²) in [6.07, 6.45) is 3.45. The van der Waals surface area contributed by atoms with E-state index in [0.717, 1.165) is 18.5 Å². The van der Waals surface area contributed by atoms with Crippen LogP contribution in [-0.2, 0) is 0 Å². The Labute approximate surface area is 102 Å². The maximum absolute atomic E-state index is 14.2. The normalized spacial score (nSPS) is 16.9. The lowest BCUT2D eigenvalue weighted by Crippen LogP contribution is -2.24. The van der Waals surface area contributed by atoms with Gasteiger partial charge in [0.05, 0.1) is 7.11 Å². The van der Waals surface area contributed by atoms with Crippen molar-refractivity contribution in [1.29, 1.82) is 0 Å². The molecule has 17 heavy (non-hydrogen) atoms. The molecule has 0 heterocycles. The van der Waals surface area contributed by atoms with Crippen molar-refractivity contribution in [3.63, 3.8) is 0 Å². The van der Waals surface area contributed by atoms with Gasteiger partial charge in [0, 0.05) is 11.6 Å². The van der Waals surface area contributed by atoms with Crippen LogP contribution in [-0.4, -0.2) is 13.7 Å². The quantitative estimate of drug-likeness (QED) is 0.819. The van der Waals surface area contributed by atoms with Crippen LogP contribution in [0.25, 0.3) is 0 Å². The molecular formula is C14H20FNO. The first-order chi connectivity index (χ1) is 8.27. The average Bonchev–Trinajstić information content (AvgIpc) is 3.16. The molecule has 1 aromatic carbocycles. The molecule has 3 heteroatoms. The monoisotopic (exact) mass is 237 g/mol. The highest BCUT2D eigenvalue weighted by Crippen LogP contribution is 2.42. The summed E-state index contributed by atoms with van der Waals surface area (Å²) in [5.74, 6) is 0.713. The predicted octanol–water partition coefficient (Wildman–Crippen LogP) is 3.29. The summed E-state index contributed by atoms with van der Waals surface area (Å²) in [5.41, 5.74) is 0.750. The van der Waals surface area contributed by atoms with Crippen molar-refractivity contribution in [3.8, 4) is 5.75 Å².